The van der Waals surface area contributed by atoms with Crippen LogP contribution in [0.15, 0.2) is 67.0 Å². The fourth-order valence-electron chi connectivity index (χ4n) is 3.68. The number of nitrogens with one attached hydrogen (secondary N) is 2. The summed E-state index contributed by atoms with van der Waals surface area (Å²) in [6.07, 6.45) is -1.37. The molecule has 0 aliphatic rings. The smallest absolute Gasteiger partial charge is 0.475 e. The van der Waals surface area contributed by atoms with E-state index in [1.165, 1.54) is 5.56 Å². The number of rotatable bonds is 5. The van der Waals surface area contributed by atoms with Crippen molar-refractivity contribution in [1.82, 2.24) is 29.9 Å². The number of fused-ring (bicyclic) bond motifs is 2. The highest BCUT2D eigenvalue weighted by molar-refractivity contribution is 5.79. The number of imidazole rings is 1. The minimum Gasteiger partial charge on any atom is -0.475 e. The van der Waals surface area contributed by atoms with Crippen LogP contribution in [-0.2, 0) is 11.3 Å². The van der Waals surface area contributed by atoms with Crippen LogP contribution in [-0.4, -0.2) is 41.8 Å². The van der Waals surface area contributed by atoms with Gasteiger partial charge in [-0.05, 0) is 31.5 Å². The number of hydrogen-bond acceptors (Lipinski definition) is 5. The Bertz CT molecular complexity index is 1460. The molecule has 0 spiro atoms. The molecule has 3 N–H and O–H groups in total. The quantitative estimate of drug-likeness (QED) is 0.314. The molecule has 36 heavy (non-hydrogen) atoms. The van der Waals surface area contributed by atoms with E-state index in [9.17, 15) is 13.2 Å². The fourth-order valence-corrected chi connectivity index (χ4v) is 3.68. The number of halogens is 3. The minimum atomic E-state index is -5.08. The van der Waals surface area contributed by atoms with Gasteiger partial charge in [-0.15, -0.1) is 0 Å². The number of hydrogen-bond donors (Lipinski definition) is 3. The van der Waals surface area contributed by atoms with E-state index < -0.39 is 12.1 Å². The number of alkyl halides is 3. The molecule has 3 aromatic heterocycles. The average Bonchev–Trinajstić information content (AvgIpc) is 3.50. The molecule has 5 rings (SSSR count). The molecule has 0 aliphatic heterocycles. The van der Waals surface area contributed by atoms with E-state index in [4.69, 9.17) is 9.90 Å². The topological polar surface area (TPSA) is 108 Å². The fraction of sp³-hybridized carbons (Fsp3) is 0.200. The van der Waals surface area contributed by atoms with Crippen molar-refractivity contribution < 1.29 is 23.1 Å². The molecule has 1 atom stereocenters. The van der Waals surface area contributed by atoms with Crippen molar-refractivity contribution in [3.63, 3.8) is 0 Å². The molecule has 0 radical (unpaired) electrons. The number of aromatic nitrogens is 5. The SMILES string of the molecule is Cc1c(C(C)NCc2ccc(-c3nc4ccccc4[nH]3)cc2)cnc2ccnn12.O=C(O)C(F)(F)F. The highest BCUT2D eigenvalue weighted by Crippen LogP contribution is 2.22. The number of aliphatic carboxylic acids is 1. The van der Waals surface area contributed by atoms with Crippen LogP contribution in [0.2, 0.25) is 0 Å². The van der Waals surface area contributed by atoms with Crippen LogP contribution in [0.1, 0.15) is 29.8 Å². The molecule has 2 aromatic carbocycles. The van der Waals surface area contributed by atoms with Gasteiger partial charge in [-0.2, -0.15) is 18.3 Å². The molecule has 3 heterocycles. The zero-order chi connectivity index (χ0) is 25.9. The number of aryl methyl sites for hydroxylation is 1. The predicted molar refractivity (Wildman–Crippen MR) is 128 cm³/mol. The molecule has 1 unspecified atom stereocenters. The second-order valence-corrected chi connectivity index (χ2v) is 8.11. The third-order valence-corrected chi connectivity index (χ3v) is 5.63. The lowest BCUT2D eigenvalue weighted by atomic mass is 10.1. The van der Waals surface area contributed by atoms with Gasteiger partial charge in [0.05, 0.1) is 17.2 Å². The summed E-state index contributed by atoms with van der Waals surface area (Å²) in [7, 11) is 0. The number of nitrogens with zero attached hydrogens (tertiary/aromatic N) is 4. The number of carboxylic acid groups (broad SMARTS) is 1. The van der Waals surface area contributed by atoms with E-state index >= 15 is 0 Å². The Labute approximate surface area is 203 Å². The maximum atomic E-state index is 10.6. The summed E-state index contributed by atoms with van der Waals surface area (Å²) in [5, 5.41) is 15.1. The van der Waals surface area contributed by atoms with Gasteiger partial charge < -0.3 is 15.4 Å². The van der Waals surface area contributed by atoms with Crippen molar-refractivity contribution in [3.8, 4) is 11.4 Å². The molecule has 0 saturated heterocycles. The standard InChI is InChI=1S/C23H22N6.C2HF3O2/c1-15(19-14-25-22-11-12-26-29(22)16(19)2)24-13-17-7-9-18(10-8-17)23-27-20-5-3-4-6-21(20)28-23;3-2(4,5)1(6)7/h3-12,14-15,24H,13H2,1-2H3,(H,27,28);(H,6,7). The number of H-pyrrole nitrogens is 1. The first-order chi connectivity index (χ1) is 17.1. The maximum absolute atomic E-state index is 10.6. The number of carboxylic acids is 1. The lowest BCUT2D eigenvalue weighted by Crippen LogP contribution is -2.21. The van der Waals surface area contributed by atoms with Crippen LogP contribution in [0.25, 0.3) is 28.1 Å². The normalized spacial score (nSPS) is 12.4. The molecule has 0 saturated carbocycles. The molecule has 0 amide bonds. The third kappa shape index (κ3) is 5.52. The van der Waals surface area contributed by atoms with Gasteiger partial charge >= 0.3 is 12.1 Å². The van der Waals surface area contributed by atoms with Crippen LogP contribution in [0.5, 0.6) is 0 Å². The van der Waals surface area contributed by atoms with Crippen LogP contribution in [0, 0.1) is 6.92 Å². The van der Waals surface area contributed by atoms with E-state index in [0.29, 0.717) is 0 Å². The van der Waals surface area contributed by atoms with Crippen LogP contribution in [0.3, 0.4) is 0 Å². The van der Waals surface area contributed by atoms with Crippen molar-refractivity contribution >= 4 is 22.6 Å². The molecule has 0 aliphatic carbocycles. The van der Waals surface area contributed by atoms with Gasteiger partial charge in [0.25, 0.3) is 0 Å². The summed E-state index contributed by atoms with van der Waals surface area (Å²) >= 11 is 0. The Hall–Kier alpha value is -4.25. The summed E-state index contributed by atoms with van der Waals surface area (Å²) < 4.78 is 33.6. The Balaban J connectivity index is 0.000000384. The van der Waals surface area contributed by atoms with Gasteiger partial charge in [0.1, 0.15) is 5.82 Å². The van der Waals surface area contributed by atoms with E-state index in [1.54, 1.807) is 6.20 Å². The molecular weight excluding hydrogens is 473 g/mol. The van der Waals surface area contributed by atoms with Gasteiger partial charge in [-0.25, -0.2) is 19.3 Å². The van der Waals surface area contributed by atoms with Gasteiger partial charge in [0.15, 0.2) is 5.65 Å². The zero-order valence-electron chi connectivity index (χ0n) is 19.4. The first-order valence-electron chi connectivity index (χ1n) is 11.0. The Morgan fingerprint density at radius 2 is 1.83 bits per heavy atom. The molecule has 0 fully saturated rings. The Morgan fingerprint density at radius 1 is 1.14 bits per heavy atom. The molecule has 8 nitrogen and oxygen atoms in total. The minimum absolute atomic E-state index is 0.172. The number of para-hydroxylation sites is 2. The van der Waals surface area contributed by atoms with Gasteiger partial charge in [-0.3, -0.25) is 0 Å². The van der Waals surface area contributed by atoms with Crippen molar-refractivity contribution in [2.45, 2.75) is 32.6 Å². The number of aromatic amines is 1. The van der Waals surface area contributed by atoms with Gasteiger partial charge in [-0.1, -0.05) is 36.4 Å². The Kier molecular flexibility index (Phi) is 7.02. The number of benzene rings is 2. The predicted octanol–water partition coefficient (Wildman–Crippen LogP) is 5.07. The monoisotopic (exact) mass is 496 g/mol. The molecule has 5 aromatic rings. The van der Waals surface area contributed by atoms with Crippen LogP contribution >= 0.6 is 0 Å². The van der Waals surface area contributed by atoms with Crippen LogP contribution in [0.4, 0.5) is 13.2 Å². The highest BCUT2D eigenvalue weighted by Gasteiger charge is 2.38. The second-order valence-electron chi connectivity index (χ2n) is 8.11. The van der Waals surface area contributed by atoms with Crippen LogP contribution < -0.4 is 5.32 Å². The first-order valence-corrected chi connectivity index (χ1v) is 11.0. The van der Waals surface area contributed by atoms with Gasteiger partial charge in [0.2, 0.25) is 0 Å². The molecular formula is C25H23F3N6O2. The van der Waals surface area contributed by atoms with Crippen molar-refractivity contribution in [3.05, 3.63) is 83.8 Å². The van der Waals surface area contributed by atoms with Crippen molar-refractivity contribution in [1.29, 1.82) is 0 Å². The highest BCUT2D eigenvalue weighted by atomic mass is 19.4. The molecule has 186 valence electrons. The largest absolute Gasteiger partial charge is 0.490 e. The third-order valence-electron chi connectivity index (χ3n) is 5.63. The van der Waals surface area contributed by atoms with Crippen molar-refractivity contribution in [2.24, 2.45) is 0 Å². The lowest BCUT2D eigenvalue weighted by Gasteiger charge is -2.17. The van der Waals surface area contributed by atoms with Gasteiger partial charge in [0, 0.05) is 41.7 Å². The van der Waals surface area contributed by atoms with E-state index in [-0.39, 0.29) is 6.04 Å². The second kappa shape index (κ2) is 10.2. The lowest BCUT2D eigenvalue weighted by molar-refractivity contribution is -0.192. The zero-order valence-corrected chi connectivity index (χ0v) is 19.4. The first kappa shape index (κ1) is 24.9. The maximum Gasteiger partial charge on any atom is 0.490 e. The molecule has 11 heteroatoms. The average molecular weight is 496 g/mol. The summed E-state index contributed by atoms with van der Waals surface area (Å²) in [5.41, 5.74) is 7.49. The van der Waals surface area contributed by atoms with Crippen molar-refractivity contribution in [2.75, 3.05) is 0 Å². The summed E-state index contributed by atoms with van der Waals surface area (Å²) in [6.45, 7) is 5.01. The molecule has 0 bridgehead atoms. The summed E-state index contributed by atoms with van der Waals surface area (Å²) in [4.78, 5) is 21.4. The number of carbonyl (C=O) groups is 1. The summed E-state index contributed by atoms with van der Waals surface area (Å²) in [6, 6.07) is 18.7. The van der Waals surface area contributed by atoms with E-state index in [0.717, 1.165) is 45.9 Å². The van der Waals surface area contributed by atoms with E-state index in [1.807, 2.05) is 41.0 Å². The Morgan fingerprint density at radius 3 is 2.50 bits per heavy atom. The van der Waals surface area contributed by atoms with E-state index in [2.05, 4.69) is 63.5 Å². The summed E-state index contributed by atoms with van der Waals surface area (Å²) in [5.74, 6) is -1.86.